The minimum Gasteiger partial charge on any atom is -0.497 e. The number of amides is 1. The van der Waals surface area contributed by atoms with E-state index < -0.39 is 0 Å². The number of nitrogens with one attached hydrogen (secondary N) is 2. The standard InChI is InChI=1S/C16H23BrN2O3/c1-21-11-16(5-7-18-8-6-16)10-19-15(20)13-9-12(22-2)3-4-14(13)17/h3-4,9,18H,5-8,10-11H2,1-2H3,(H,19,20). The van der Waals surface area contributed by atoms with Crippen molar-refractivity contribution < 1.29 is 14.3 Å². The molecule has 122 valence electrons. The molecule has 1 fully saturated rings. The van der Waals surface area contributed by atoms with Crippen molar-refractivity contribution in [1.29, 1.82) is 0 Å². The molecule has 0 unspecified atom stereocenters. The zero-order chi connectivity index (χ0) is 16.0. The fourth-order valence-corrected chi connectivity index (χ4v) is 3.23. The molecule has 2 N–H and O–H groups in total. The van der Waals surface area contributed by atoms with Gasteiger partial charge < -0.3 is 20.1 Å². The van der Waals surface area contributed by atoms with Crippen LogP contribution < -0.4 is 15.4 Å². The van der Waals surface area contributed by atoms with Crippen molar-refractivity contribution in [3.63, 3.8) is 0 Å². The van der Waals surface area contributed by atoms with Crippen LogP contribution in [-0.2, 0) is 4.74 Å². The normalized spacial score (nSPS) is 17.0. The summed E-state index contributed by atoms with van der Waals surface area (Å²) in [7, 11) is 3.30. The molecule has 0 aliphatic carbocycles. The first-order chi connectivity index (χ1) is 10.6. The Kier molecular flexibility index (Phi) is 6.23. The van der Waals surface area contributed by atoms with Crippen LogP contribution in [0.2, 0.25) is 0 Å². The zero-order valence-corrected chi connectivity index (χ0v) is 14.7. The Labute approximate surface area is 139 Å². The highest BCUT2D eigenvalue weighted by Crippen LogP contribution is 2.29. The number of hydrogen-bond acceptors (Lipinski definition) is 4. The number of carbonyl (C=O) groups is 1. The van der Waals surface area contributed by atoms with Gasteiger partial charge in [-0.05, 0) is 60.1 Å². The van der Waals surface area contributed by atoms with Gasteiger partial charge >= 0.3 is 0 Å². The molecule has 0 bridgehead atoms. The maximum atomic E-state index is 12.5. The number of piperidine rings is 1. The first-order valence-electron chi connectivity index (χ1n) is 7.42. The number of hydrogen-bond donors (Lipinski definition) is 2. The lowest BCUT2D eigenvalue weighted by atomic mass is 9.79. The molecule has 1 heterocycles. The SMILES string of the molecule is COCC1(CNC(=O)c2cc(OC)ccc2Br)CCNCC1. The van der Waals surface area contributed by atoms with E-state index in [0.717, 1.165) is 30.4 Å². The molecule has 1 saturated heterocycles. The summed E-state index contributed by atoms with van der Waals surface area (Å²) in [6.45, 7) is 3.20. The number of carbonyl (C=O) groups excluding carboxylic acids is 1. The highest BCUT2D eigenvalue weighted by Gasteiger charge is 2.32. The van der Waals surface area contributed by atoms with E-state index in [1.807, 2.05) is 12.1 Å². The molecule has 0 spiro atoms. The summed E-state index contributed by atoms with van der Waals surface area (Å²) < 4.78 is 11.3. The second-order valence-electron chi connectivity index (χ2n) is 5.71. The molecule has 1 aliphatic heterocycles. The van der Waals surface area contributed by atoms with Gasteiger partial charge in [0.1, 0.15) is 5.75 Å². The van der Waals surface area contributed by atoms with Crippen molar-refractivity contribution >= 4 is 21.8 Å². The number of ether oxygens (including phenoxy) is 2. The van der Waals surface area contributed by atoms with Gasteiger partial charge in [0.25, 0.3) is 5.91 Å². The molecule has 1 aliphatic rings. The van der Waals surface area contributed by atoms with Gasteiger partial charge in [-0.25, -0.2) is 0 Å². The summed E-state index contributed by atoms with van der Waals surface area (Å²) in [5.41, 5.74) is 0.599. The first-order valence-corrected chi connectivity index (χ1v) is 8.21. The Bertz CT molecular complexity index is 511. The van der Waals surface area contributed by atoms with E-state index in [1.54, 1.807) is 20.3 Å². The van der Waals surface area contributed by atoms with E-state index in [4.69, 9.17) is 9.47 Å². The van der Waals surface area contributed by atoms with Crippen LogP contribution in [-0.4, -0.2) is 46.4 Å². The summed E-state index contributed by atoms with van der Waals surface area (Å²) in [5, 5.41) is 6.40. The van der Waals surface area contributed by atoms with Gasteiger partial charge in [-0.15, -0.1) is 0 Å². The van der Waals surface area contributed by atoms with Gasteiger partial charge in [-0.3, -0.25) is 4.79 Å². The van der Waals surface area contributed by atoms with Gasteiger partial charge in [0, 0.05) is 23.5 Å². The number of methoxy groups -OCH3 is 2. The van der Waals surface area contributed by atoms with Crippen LogP contribution in [0.5, 0.6) is 5.75 Å². The van der Waals surface area contributed by atoms with Crippen molar-refractivity contribution in [2.45, 2.75) is 12.8 Å². The van der Waals surface area contributed by atoms with Crippen LogP contribution in [0.4, 0.5) is 0 Å². The fraction of sp³-hybridized carbons (Fsp3) is 0.562. The smallest absolute Gasteiger partial charge is 0.252 e. The van der Waals surface area contributed by atoms with Gasteiger partial charge in [-0.1, -0.05) is 0 Å². The molecule has 22 heavy (non-hydrogen) atoms. The van der Waals surface area contributed by atoms with Gasteiger partial charge in [0.05, 0.1) is 19.3 Å². The largest absolute Gasteiger partial charge is 0.497 e. The molecule has 6 heteroatoms. The molecule has 5 nitrogen and oxygen atoms in total. The van der Waals surface area contributed by atoms with Crippen LogP contribution in [0.25, 0.3) is 0 Å². The molecule has 1 aromatic rings. The lowest BCUT2D eigenvalue weighted by Gasteiger charge is -2.37. The molecule has 0 radical (unpaired) electrons. The average Bonchev–Trinajstić information content (AvgIpc) is 2.54. The summed E-state index contributed by atoms with van der Waals surface area (Å²) in [6, 6.07) is 5.38. The maximum absolute atomic E-state index is 12.5. The molecule has 1 aromatic carbocycles. The topological polar surface area (TPSA) is 59.6 Å². The van der Waals surface area contributed by atoms with Crippen LogP contribution in [0, 0.1) is 5.41 Å². The molecular formula is C16H23BrN2O3. The van der Waals surface area contributed by atoms with E-state index in [-0.39, 0.29) is 11.3 Å². The van der Waals surface area contributed by atoms with Crippen molar-refractivity contribution in [3.8, 4) is 5.75 Å². The van der Waals surface area contributed by atoms with Crippen LogP contribution >= 0.6 is 15.9 Å². The minimum atomic E-state index is -0.0974. The highest BCUT2D eigenvalue weighted by atomic mass is 79.9. The summed E-state index contributed by atoms with van der Waals surface area (Å²) in [4.78, 5) is 12.5. The number of halogens is 1. The Morgan fingerprint density at radius 3 is 2.73 bits per heavy atom. The number of rotatable bonds is 6. The second-order valence-corrected chi connectivity index (χ2v) is 6.57. The third-order valence-electron chi connectivity index (χ3n) is 4.16. The Hall–Kier alpha value is -1.11. The van der Waals surface area contributed by atoms with E-state index in [2.05, 4.69) is 26.6 Å². The summed E-state index contributed by atoms with van der Waals surface area (Å²) >= 11 is 3.42. The minimum absolute atomic E-state index is 0.0149. The molecule has 0 aromatic heterocycles. The van der Waals surface area contributed by atoms with Crippen molar-refractivity contribution in [3.05, 3.63) is 28.2 Å². The van der Waals surface area contributed by atoms with Crippen LogP contribution in [0.3, 0.4) is 0 Å². The lowest BCUT2D eigenvalue weighted by Crippen LogP contribution is -2.47. The lowest BCUT2D eigenvalue weighted by molar-refractivity contribution is 0.0511. The zero-order valence-electron chi connectivity index (χ0n) is 13.1. The quantitative estimate of drug-likeness (QED) is 0.805. The predicted molar refractivity (Wildman–Crippen MR) is 89.4 cm³/mol. The molecule has 2 rings (SSSR count). The monoisotopic (exact) mass is 370 g/mol. The first kappa shape index (κ1) is 17.2. The Morgan fingerprint density at radius 2 is 2.09 bits per heavy atom. The van der Waals surface area contributed by atoms with E-state index in [0.29, 0.717) is 24.5 Å². The third kappa shape index (κ3) is 4.21. The fourth-order valence-electron chi connectivity index (χ4n) is 2.80. The summed E-state index contributed by atoms with van der Waals surface area (Å²) in [5.74, 6) is 0.571. The van der Waals surface area contributed by atoms with Gasteiger partial charge in [-0.2, -0.15) is 0 Å². The van der Waals surface area contributed by atoms with E-state index >= 15 is 0 Å². The van der Waals surface area contributed by atoms with Crippen LogP contribution in [0.15, 0.2) is 22.7 Å². The van der Waals surface area contributed by atoms with Gasteiger partial charge in [0.15, 0.2) is 0 Å². The predicted octanol–water partition coefficient (Wildman–Crippen LogP) is 2.20. The molecular weight excluding hydrogens is 348 g/mol. The molecule has 1 amide bonds. The average molecular weight is 371 g/mol. The van der Waals surface area contributed by atoms with E-state index in [9.17, 15) is 4.79 Å². The Balaban J connectivity index is 2.04. The van der Waals surface area contributed by atoms with Crippen molar-refractivity contribution in [2.24, 2.45) is 5.41 Å². The maximum Gasteiger partial charge on any atom is 0.252 e. The van der Waals surface area contributed by atoms with Gasteiger partial charge in [0.2, 0.25) is 0 Å². The summed E-state index contributed by atoms with van der Waals surface area (Å²) in [6.07, 6.45) is 2.00. The van der Waals surface area contributed by atoms with Crippen LogP contribution in [0.1, 0.15) is 23.2 Å². The van der Waals surface area contributed by atoms with Crippen molar-refractivity contribution in [2.75, 3.05) is 40.5 Å². The number of benzene rings is 1. The molecule has 0 saturated carbocycles. The van der Waals surface area contributed by atoms with E-state index in [1.165, 1.54) is 0 Å². The third-order valence-corrected chi connectivity index (χ3v) is 4.85. The Morgan fingerprint density at radius 1 is 1.36 bits per heavy atom. The molecule has 0 atom stereocenters. The van der Waals surface area contributed by atoms with Crippen molar-refractivity contribution in [1.82, 2.24) is 10.6 Å². The highest BCUT2D eigenvalue weighted by molar-refractivity contribution is 9.10. The second kappa shape index (κ2) is 7.94.